The fourth-order valence-electron chi connectivity index (χ4n) is 1.57. The van der Waals surface area contributed by atoms with E-state index in [1.165, 1.54) is 6.07 Å². The van der Waals surface area contributed by atoms with Crippen LogP contribution in [0.2, 0.25) is 0 Å². The van der Waals surface area contributed by atoms with Gasteiger partial charge in [-0.15, -0.1) is 5.92 Å². The van der Waals surface area contributed by atoms with Crippen molar-refractivity contribution in [1.82, 2.24) is 5.32 Å². The van der Waals surface area contributed by atoms with Crippen molar-refractivity contribution < 1.29 is 4.39 Å². The Labute approximate surface area is 117 Å². The van der Waals surface area contributed by atoms with Gasteiger partial charge in [-0.05, 0) is 40.0 Å². The maximum atomic E-state index is 13.8. The maximum Gasteiger partial charge on any atom is 0.129 e. The van der Waals surface area contributed by atoms with Gasteiger partial charge in [0.05, 0.1) is 0 Å². The van der Waals surface area contributed by atoms with Gasteiger partial charge < -0.3 is 5.32 Å². The molecule has 3 heteroatoms. The van der Waals surface area contributed by atoms with Crippen LogP contribution in [0.5, 0.6) is 0 Å². The highest BCUT2D eigenvalue weighted by molar-refractivity contribution is 9.10. The highest BCUT2D eigenvalue weighted by atomic mass is 79.9. The summed E-state index contributed by atoms with van der Waals surface area (Å²) in [4.78, 5) is 0. The van der Waals surface area contributed by atoms with Gasteiger partial charge in [-0.3, -0.25) is 0 Å². The molecule has 1 atom stereocenters. The molecular weight excluding hydrogens is 293 g/mol. The Morgan fingerprint density at radius 2 is 2.06 bits per heavy atom. The van der Waals surface area contributed by atoms with Crippen molar-refractivity contribution in [2.75, 3.05) is 7.05 Å². The Morgan fingerprint density at radius 3 is 2.56 bits per heavy atom. The molecule has 1 nitrogen and oxygen atoms in total. The molecule has 1 unspecified atom stereocenters. The maximum absolute atomic E-state index is 13.8. The Hall–Kier alpha value is -0.850. The Bertz CT molecular complexity index is 466. The Balaban J connectivity index is 2.86. The predicted molar refractivity (Wildman–Crippen MR) is 77.7 cm³/mol. The lowest BCUT2D eigenvalue weighted by molar-refractivity contribution is 0.540. The van der Waals surface area contributed by atoms with Crippen LogP contribution in [0.4, 0.5) is 4.39 Å². The third-order valence-corrected chi connectivity index (χ3v) is 2.95. The molecule has 0 spiro atoms. The third-order valence-electron chi connectivity index (χ3n) is 2.46. The second-order valence-corrected chi connectivity index (χ2v) is 6.18. The van der Waals surface area contributed by atoms with Gasteiger partial charge in [0, 0.05) is 27.9 Å². The van der Waals surface area contributed by atoms with Crippen LogP contribution < -0.4 is 5.32 Å². The van der Waals surface area contributed by atoms with Crippen LogP contribution in [-0.2, 0) is 0 Å². The zero-order valence-electron chi connectivity index (χ0n) is 11.3. The Morgan fingerprint density at radius 1 is 1.39 bits per heavy atom. The molecule has 0 saturated heterocycles. The zero-order valence-corrected chi connectivity index (χ0v) is 12.9. The fourth-order valence-corrected chi connectivity index (χ4v) is 1.90. The first-order valence-corrected chi connectivity index (χ1v) is 6.75. The van der Waals surface area contributed by atoms with Crippen molar-refractivity contribution >= 4 is 15.9 Å². The molecule has 0 fully saturated rings. The summed E-state index contributed by atoms with van der Waals surface area (Å²) < 4.78 is 14.6. The highest BCUT2D eigenvalue weighted by Gasteiger charge is 2.13. The average molecular weight is 312 g/mol. The summed E-state index contributed by atoms with van der Waals surface area (Å²) in [5.41, 5.74) is 0.639. The lowest BCUT2D eigenvalue weighted by atomic mass is 9.96. The van der Waals surface area contributed by atoms with Crippen molar-refractivity contribution in [2.45, 2.75) is 33.2 Å². The van der Waals surface area contributed by atoms with E-state index in [9.17, 15) is 4.39 Å². The van der Waals surface area contributed by atoms with Crippen LogP contribution in [0.3, 0.4) is 0 Å². The number of benzene rings is 1. The summed E-state index contributed by atoms with van der Waals surface area (Å²) in [7, 11) is 1.82. The quantitative estimate of drug-likeness (QED) is 0.821. The van der Waals surface area contributed by atoms with E-state index in [1.54, 1.807) is 6.07 Å². The largest absolute Gasteiger partial charge is 0.312 e. The van der Waals surface area contributed by atoms with E-state index in [0.717, 1.165) is 4.47 Å². The summed E-state index contributed by atoms with van der Waals surface area (Å²) in [6.45, 7) is 6.19. The van der Waals surface area contributed by atoms with E-state index < -0.39 is 0 Å². The van der Waals surface area contributed by atoms with E-state index >= 15 is 0 Å². The normalized spacial score (nSPS) is 12.8. The molecule has 0 heterocycles. The van der Waals surface area contributed by atoms with Crippen LogP contribution in [-0.4, -0.2) is 7.05 Å². The minimum Gasteiger partial charge on any atom is -0.312 e. The molecule has 0 aromatic heterocycles. The standard InChI is InChI=1S/C15H19BrFN/c1-15(2,3)9-5-6-14(18-4)12-8-7-11(16)10-13(12)17/h7-8,10,14,18H,6H2,1-4H3. The Kier molecular flexibility index (Phi) is 5.37. The average Bonchev–Trinajstić information content (AvgIpc) is 2.24. The van der Waals surface area contributed by atoms with Crippen molar-refractivity contribution in [3.63, 3.8) is 0 Å². The van der Waals surface area contributed by atoms with E-state index in [1.807, 2.05) is 13.1 Å². The van der Waals surface area contributed by atoms with E-state index in [0.29, 0.717) is 12.0 Å². The van der Waals surface area contributed by atoms with Gasteiger partial charge in [-0.2, -0.15) is 0 Å². The summed E-state index contributed by atoms with van der Waals surface area (Å²) in [5, 5.41) is 3.11. The van der Waals surface area contributed by atoms with Crippen molar-refractivity contribution in [3.8, 4) is 11.8 Å². The monoisotopic (exact) mass is 311 g/mol. The first-order chi connectivity index (χ1) is 8.33. The van der Waals surface area contributed by atoms with E-state index in [-0.39, 0.29) is 17.3 Å². The second kappa shape index (κ2) is 6.36. The molecule has 0 aliphatic carbocycles. The highest BCUT2D eigenvalue weighted by Crippen LogP contribution is 2.23. The molecule has 0 amide bonds. The zero-order chi connectivity index (χ0) is 13.8. The number of hydrogen-bond acceptors (Lipinski definition) is 1. The van der Waals surface area contributed by atoms with Crippen molar-refractivity contribution in [3.05, 3.63) is 34.1 Å². The number of rotatable bonds is 3. The summed E-state index contributed by atoms with van der Waals surface area (Å²) in [6.07, 6.45) is 0.603. The molecule has 1 aromatic rings. The molecular formula is C15H19BrFN. The summed E-state index contributed by atoms with van der Waals surface area (Å²) >= 11 is 3.26. The molecule has 1 aromatic carbocycles. The topological polar surface area (TPSA) is 12.0 Å². The second-order valence-electron chi connectivity index (χ2n) is 5.26. The molecule has 0 radical (unpaired) electrons. The van der Waals surface area contributed by atoms with Gasteiger partial charge in [0.1, 0.15) is 5.82 Å². The molecule has 0 aliphatic rings. The van der Waals surface area contributed by atoms with Gasteiger partial charge >= 0.3 is 0 Å². The fraction of sp³-hybridized carbons (Fsp3) is 0.467. The number of nitrogens with one attached hydrogen (secondary N) is 1. The third kappa shape index (κ3) is 4.80. The predicted octanol–water partition coefficient (Wildman–Crippen LogP) is 4.29. The van der Waals surface area contributed by atoms with Crippen LogP contribution >= 0.6 is 15.9 Å². The van der Waals surface area contributed by atoms with Crippen molar-refractivity contribution in [1.29, 1.82) is 0 Å². The van der Waals surface area contributed by atoms with Crippen LogP contribution in [0.25, 0.3) is 0 Å². The molecule has 98 valence electrons. The van der Waals surface area contributed by atoms with Gasteiger partial charge in [0.25, 0.3) is 0 Å². The lowest BCUT2D eigenvalue weighted by Crippen LogP contribution is -2.17. The minimum atomic E-state index is -0.207. The van der Waals surface area contributed by atoms with Gasteiger partial charge in [0.2, 0.25) is 0 Å². The SMILES string of the molecule is CNC(CC#CC(C)(C)C)c1ccc(Br)cc1F. The summed E-state index contributed by atoms with van der Waals surface area (Å²) in [5.74, 6) is 6.08. The van der Waals surface area contributed by atoms with Crippen LogP contribution in [0, 0.1) is 23.1 Å². The number of halogens is 2. The molecule has 0 saturated carbocycles. The van der Waals surface area contributed by atoms with E-state index in [2.05, 4.69) is 53.9 Å². The molecule has 1 N–H and O–H groups in total. The summed E-state index contributed by atoms with van der Waals surface area (Å²) in [6, 6.07) is 5.05. The molecule has 0 aliphatic heterocycles. The van der Waals surface area contributed by atoms with Crippen molar-refractivity contribution in [2.24, 2.45) is 5.41 Å². The smallest absolute Gasteiger partial charge is 0.129 e. The van der Waals surface area contributed by atoms with Gasteiger partial charge in [-0.25, -0.2) is 4.39 Å². The number of hydrogen-bond donors (Lipinski definition) is 1. The lowest BCUT2D eigenvalue weighted by Gasteiger charge is -2.15. The molecule has 0 bridgehead atoms. The van der Waals surface area contributed by atoms with E-state index in [4.69, 9.17) is 0 Å². The van der Waals surface area contributed by atoms with Crippen LogP contribution in [0.1, 0.15) is 38.8 Å². The minimum absolute atomic E-state index is 0.0173. The van der Waals surface area contributed by atoms with Gasteiger partial charge in [0.15, 0.2) is 0 Å². The molecule has 18 heavy (non-hydrogen) atoms. The van der Waals surface area contributed by atoms with Crippen LogP contribution in [0.15, 0.2) is 22.7 Å². The molecule has 1 rings (SSSR count). The first kappa shape index (κ1) is 15.2. The first-order valence-electron chi connectivity index (χ1n) is 5.96. The van der Waals surface area contributed by atoms with Gasteiger partial charge in [-0.1, -0.05) is 27.9 Å².